The van der Waals surface area contributed by atoms with Crippen LogP contribution < -0.4 is 21.7 Å². The van der Waals surface area contributed by atoms with Crippen LogP contribution in [0.3, 0.4) is 0 Å². The Balaban J connectivity index is 1.97. The number of aliphatic imine (C=N–C) groups is 1. The SMILES string of the molecule is CN=C(N)NCCC[C@H](NC(=O)C1CC2CCC1C2)C(=O)N[C@@H](CC(C)C)B(O)O. The first kappa shape index (κ1) is 24.5. The molecule has 5 atom stereocenters. The monoisotopic (exact) mass is 423 g/mol. The summed E-state index contributed by atoms with van der Waals surface area (Å²) in [6.07, 6.45) is 5.76. The lowest BCUT2D eigenvalue weighted by molar-refractivity contribution is -0.132. The van der Waals surface area contributed by atoms with E-state index >= 15 is 0 Å². The number of nitrogens with two attached hydrogens (primary N) is 1. The largest absolute Gasteiger partial charge is 0.475 e. The third-order valence-electron chi connectivity index (χ3n) is 6.34. The molecule has 7 N–H and O–H groups in total. The Morgan fingerprint density at radius 3 is 2.47 bits per heavy atom. The minimum atomic E-state index is -1.65. The van der Waals surface area contributed by atoms with Gasteiger partial charge in [0.25, 0.3) is 0 Å². The van der Waals surface area contributed by atoms with E-state index in [4.69, 9.17) is 5.73 Å². The van der Waals surface area contributed by atoms with Gasteiger partial charge in [0.2, 0.25) is 11.8 Å². The van der Waals surface area contributed by atoms with E-state index in [1.807, 2.05) is 13.8 Å². The number of amides is 2. The fraction of sp³-hybridized carbons (Fsp3) is 0.850. The molecule has 3 unspecified atom stereocenters. The van der Waals surface area contributed by atoms with Crippen LogP contribution in [0.5, 0.6) is 0 Å². The number of hydrogen-bond acceptors (Lipinski definition) is 5. The van der Waals surface area contributed by atoms with Crippen LogP contribution in [-0.4, -0.2) is 60.5 Å². The normalized spacial score (nSPS) is 25.1. The lowest BCUT2D eigenvalue weighted by atomic mass is 9.75. The van der Waals surface area contributed by atoms with Gasteiger partial charge in [0, 0.05) is 19.5 Å². The number of nitrogens with zero attached hydrogens (tertiary/aromatic N) is 1. The number of rotatable bonds is 11. The second-order valence-electron chi connectivity index (χ2n) is 9.18. The molecule has 30 heavy (non-hydrogen) atoms. The summed E-state index contributed by atoms with van der Waals surface area (Å²) in [5.41, 5.74) is 5.63. The molecule has 0 heterocycles. The Morgan fingerprint density at radius 1 is 1.20 bits per heavy atom. The molecule has 0 aromatic heterocycles. The predicted octanol–water partition coefficient (Wildman–Crippen LogP) is -0.235. The summed E-state index contributed by atoms with van der Waals surface area (Å²) in [5, 5.41) is 27.9. The van der Waals surface area contributed by atoms with Gasteiger partial charge < -0.3 is 31.7 Å². The summed E-state index contributed by atoms with van der Waals surface area (Å²) in [6, 6.07) is -0.730. The second-order valence-corrected chi connectivity index (χ2v) is 9.18. The zero-order valence-electron chi connectivity index (χ0n) is 18.4. The van der Waals surface area contributed by atoms with Crippen molar-refractivity contribution < 1.29 is 19.6 Å². The summed E-state index contributed by atoms with van der Waals surface area (Å²) < 4.78 is 0. The van der Waals surface area contributed by atoms with Crippen LogP contribution in [0, 0.1) is 23.7 Å². The number of carbonyl (C=O) groups excluding carboxylic acids is 2. The number of nitrogens with one attached hydrogen (secondary N) is 3. The van der Waals surface area contributed by atoms with Crippen molar-refractivity contribution in [3.63, 3.8) is 0 Å². The molecule has 2 saturated carbocycles. The van der Waals surface area contributed by atoms with Crippen molar-refractivity contribution in [1.29, 1.82) is 0 Å². The van der Waals surface area contributed by atoms with E-state index in [1.54, 1.807) is 7.05 Å². The molecule has 2 fully saturated rings. The van der Waals surface area contributed by atoms with Gasteiger partial charge in [-0.15, -0.1) is 0 Å². The van der Waals surface area contributed by atoms with Crippen molar-refractivity contribution in [3.8, 4) is 0 Å². The van der Waals surface area contributed by atoms with Crippen molar-refractivity contribution in [1.82, 2.24) is 16.0 Å². The van der Waals surface area contributed by atoms with Crippen LogP contribution in [0.25, 0.3) is 0 Å². The van der Waals surface area contributed by atoms with Gasteiger partial charge in [-0.2, -0.15) is 0 Å². The predicted molar refractivity (Wildman–Crippen MR) is 117 cm³/mol. The van der Waals surface area contributed by atoms with Gasteiger partial charge in [0.15, 0.2) is 5.96 Å². The third kappa shape index (κ3) is 7.16. The molecule has 2 aliphatic carbocycles. The molecule has 2 rings (SSSR count). The van der Waals surface area contributed by atoms with Crippen LogP contribution in [0.4, 0.5) is 0 Å². The highest BCUT2D eigenvalue weighted by Crippen LogP contribution is 2.48. The van der Waals surface area contributed by atoms with Crippen LogP contribution in [0.2, 0.25) is 0 Å². The van der Waals surface area contributed by atoms with Gasteiger partial charge in [-0.25, -0.2) is 0 Å². The fourth-order valence-corrected chi connectivity index (χ4v) is 4.76. The van der Waals surface area contributed by atoms with E-state index in [-0.39, 0.29) is 23.7 Å². The Kier molecular flexibility index (Phi) is 9.42. The topological polar surface area (TPSA) is 149 Å². The number of hydrogen-bond donors (Lipinski definition) is 6. The minimum Gasteiger partial charge on any atom is -0.426 e. The molecule has 0 radical (unpaired) electrons. The molecular weight excluding hydrogens is 385 g/mol. The molecule has 2 amide bonds. The van der Waals surface area contributed by atoms with Crippen molar-refractivity contribution >= 4 is 24.9 Å². The van der Waals surface area contributed by atoms with Crippen LogP contribution >= 0.6 is 0 Å². The van der Waals surface area contributed by atoms with Crippen molar-refractivity contribution in [2.24, 2.45) is 34.4 Å². The quantitative estimate of drug-likeness (QED) is 0.117. The maximum absolute atomic E-state index is 12.9. The Morgan fingerprint density at radius 2 is 1.93 bits per heavy atom. The molecule has 0 spiro atoms. The Bertz CT molecular complexity index is 616. The standard InChI is InChI=1S/C20H38BN5O4/c1-12(2)9-17(21(29)30)26-19(28)16(5-4-8-24-20(22)23-3)25-18(27)15-11-13-6-7-14(15)10-13/h12-17,29-30H,4-11H2,1-3H3,(H,25,27)(H,26,28)(H3,22,23,24)/t13?,14?,15?,16-,17-/m0/s1. The van der Waals surface area contributed by atoms with Crippen molar-refractivity contribution in [3.05, 3.63) is 0 Å². The lowest BCUT2D eigenvalue weighted by Crippen LogP contribution is -2.55. The third-order valence-corrected chi connectivity index (χ3v) is 6.34. The van der Waals surface area contributed by atoms with Gasteiger partial charge >= 0.3 is 7.12 Å². The summed E-state index contributed by atoms with van der Waals surface area (Å²) in [6.45, 7) is 4.41. The smallest absolute Gasteiger partial charge is 0.426 e. The molecule has 9 nitrogen and oxygen atoms in total. The maximum atomic E-state index is 12.9. The molecule has 10 heteroatoms. The highest BCUT2D eigenvalue weighted by atomic mass is 16.4. The first-order valence-corrected chi connectivity index (χ1v) is 11.1. The summed E-state index contributed by atoms with van der Waals surface area (Å²) in [5.74, 6) is 0.321. The molecule has 0 aromatic carbocycles. The average Bonchev–Trinajstić information content (AvgIpc) is 3.32. The van der Waals surface area contributed by atoms with Gasteiger partial charge in [-0.1, -0.05) is 20.3 Å². The van der Waals surface area contributed by atoms with Crippen molar-refractivity contribution in [2.75, 3.05) is 13.6 Å². The number of guanidine groups is 1. The first-order chi connectivity index (χ1) is 14.2. The van der Waals surface area contributed by atoms with E-state index in [1.165, 1.54) is 6.42 Å². The minimum absolute atomic E-state index is 0.0186. The maximum Gasteiger partial charge on any atom is 0.475 e. The Labute approximate surface area is 179 Å². The molecule has 2 bridgehead atoms. The molecular formula is C20H38BN5O4. The highest BCUT2D eigenvalue weighted by Gasteiger charge is 2.43. The van der Waals surface area contributed by atoms with Crippen LogP contribution in [0.1, 0.15) is 58.8 Å². The van der Waals surface area contributed by atoms with Crippen molar-refractivity contribution in [2.45, 2.75) is 70.8 Å². The highest BCUT2D eigenvalue weighted by molar-refractivity contribution is 6.43. The summed E-state index contributed by atoms with van der Waals surface area (Å²) >= 11 is 0. The van der Waals surface area contributed by atoms with E-state index < -0.39 is 19.1 Å². The summed E-state index contributed by atoms with van der Waals surface area (Å²) in [7, 11) is -0.0658. The van der Waals surface area contributed by atoms with Gasteiger partial charge in [-0.05, 0) is 56.3 Å². The first-order valence-electron chi connectivity index (χ1n) is 11.1. The van der Waals surface area contributed by atoms with Gasteiger partial charge in [0.05, 0.1) is 5.94 Å². The summed E-state index contributed by atoms with van der Waals surface area (Å²) in [4.78, 5) is 29.6. The van der Waals surface area contributed by atoms with E-state index in [2.05, 4.69) is 20.9 Å². The number of fused-ring (bicyclic) bond motifs is 2. The zero-order chi connectivity index (χ0) is 22.3. The van der Waals surface area contributed by atoms with E-state index in [0.29, 0.717) is 43.6 Å². The van der Waals surface area contributed by atoms with Crippen LogP contribution in [0.15, 0.2) is 4.99 Å². The molecule has 0 saturated heterocycles. The molecule has 0 aromatic rings. The molecule has 2 aliphatic rings. The lowest BCUT2D eigenvalue weighted by Gasteiger charge is -2.27. The van der Waals surface area contributed by atoms with Gasteiger partial charge in [0.1, 0.15) is 6.04 Å². The fourth-order valence-electron chi connectivity index (χ4n) is 4.76. The Hall–Kier alpha value is -1.81. The molecule has 170 valence electrons. The van der Waals surface area contributed by atoms with Crippen LogP contribution in [-0.2, 0) is 9.59 Å². The zero-order valence-corrected chi connectivity index (χ0v) is 18.4. The van der Waals surface area contributed by atoms with Gasteiger partial charge in [-0.3, -0.25) is 14.6 Å². The average molecular weight is 423 g/mol. The second kappa shape index (κ2) is 11.5. The molecule has 0 aliphatic heterocycles. The van der Waals surface area contributed by atoms with E-state index in [0.717, 1.165) is 19.3 Å². The van der Waals surface area contributed by atoms with E-state index in [9.17, 15) is 19.6 Å². The number of carbonyl (C=O) groups is 2.